The zero-order valence-electron chi connectivity index (χ0n) is 17.2. The van der Waals surface area contributed by atoms with Crippen molar-refractivity contribution in [1.29, 1.82) is 0 Å². The monoisotopic (exact) mass is 409 g/mol. The van der Waals surface area contributed by atoms with Crippen LogP contribution in [-0.4, -0.2) is 34.5 Å². The summed E-state index contributed by atoms with van der Waals surface area (Å²) in [5.74, 6) is -0.953. The van der Waals surface area contributed by atoms with Crippen LogP contribution in [0.5, 0.6) is 5.75 Å². The summed E-state index contributed by atoms with van der Waals surface area (Å²) in [5.41, 5.74) is 1.20. The van der Waals surface area contributed by atoms with Crippen molar-refractivity contribution in [2.24, 2.45) is 7.05 Å². The molecule has 0 bridgehead atoms. The molecule has 1 N–H and O–H groups in total. The lowest BCUT2D eigenvalue weighted by Crippen LogP contribution is -2.32. The van der Waals surface area contributed by atoms with E-state index in [1.807, 2.05) is 18.2 Å². The van der Waals surface area contributed by atoms with E-state index in [1.54, 1.807) is 55.1 Å². The number of hydrogen-bond donors (Lipinski definition) is 1. The van der Waals surface area contributed by atoms with Gasteiger partial charge >= 0.3 is 5.97 Å². The standard InChI is InChI=1S/C22H23N3O5/c1-14-19(21(27)25(24(14)3)16-10-6-5-7-11-16)23-20(26)15(2)30-22(28)17-12-8-9-13-18(17)29-4/h5-13,15H,1-4H3,(H,23,26)/t15-/m0/s1. The maximum Gasteiger partial charge on any atom is 0.342 e. The first kappa shape index (κ1) is 20.9. The lowest BCUT2D eigenvalue weighted by atomic mass is 10.2. The molecule has 1 atom stereocenters. The molecule has 0 saturated heterocycles. The molecule has 3 rings (SSSR count). The summed E-state index contributed by atoms with van der Waals surface area (Å²) in [6, 6.07) is 15.7. The normalized spacial score (nSPS) is 11.6. The number of carbonyl (C=O) groups is 2. The van der Waals surface area contributed by atoms with Gasteiger partial charge in [0.05, 0.1) is 18.5 Å². The molecule has 0 aliphatic rings. The third-order valence-electron chi connectivity index (χ3n) is 4.78. The highest BCUT2D eigenvalue weighted by Crippen LogP contribution is 2.19. The van der Waals surface area contributed by atoms with E-state index in [0.29, 0.717) is 17.1 Å². The van der Waals surface area contributed by atoms with Crippen molar-refractivity contribution in [2.75, 3.05) is 12.4 Å². The summed E-state index contributed by atoms with van der Waals surface area (Å²) in [5, 5.41) is 2.59. The van der Waals surface area contributed by atoms with Crippen LogP contribution in [0, 0.1) is 6.92 Å². The maximum atomic E-state index is 12.9. The van der Waals surface area contributed by atoms with E-state index in [0.717, 1.165) is 0 Å². The van der Waals surface area contributed by atoms with Gasteiger partial charge in [-0.3, -0.25) is 14.3 Å². The highest BCUT2D eigenvalue weighted by Gasteiger charge is 2.24. The number of aromatic nitrogens is 2. The van der Waals surface area contributed by atoms with Crippen LogP contribution in [0.3, 0.4) is 0 Å². The number of hydrogen-bond acceptors (Lipinski definition) is 5. The lowest BCUT2D eigenvalue weighted by molar-refractivity contribution is -0.123. The fourth-order valence-corrected chi connectivity index (χ4v) is 3.03. The minimum Gasteiger partial charge on any atom is -0.496 e. The molecule has 0 unspecified atom stereocenters. The van der Waals surface area contributed by atoms with Crippen LogP contribution in [-0.2, 0) is 16.6 Å². The number of para-hydroxylation sites is 2. The van der Waals surface area contributed by atoms with Gasteiger partial charge in [0.2, 0.25) is 0 Å². The number of nitrogens with zero attached hydrogens (tertiary/aromatic N) is 2. The molecule has 0 spiro atoms. The van der Waals surface area contributed by atoms with Gasteiger partial charge in [-0.15, -0.1) is 0 Å². The van der Waals surface area contributed by atoms with E-state index >= 15 is 0 Å². The van der Waals surface area contributed by atoms with E-state index in [-0.39, 0.29) is 16.8 Å². The zero-order valence-corrected chi connectivity index (χ0v) is 17.2. The Kier molecular flexibility index (Phi) is 6.06. The molecule has 156 valence electrons. The predicted molar refractivity (Wildman–Crippen MR) is 112 cm³/mol. The van der Waals surface area contributed by atoms with E-state index in [1.165, 1.54) is 18.7 Å². The van der Waals surface area contributed by atoms with Gasteiger partial charge in [-0.1, -0.05) is 30.3 Å². The SMILES string of the molecule is COc1ccccc1C(=O)O[C@@H](C)C(=O)Nc1c(C)n(C)n(-c2ccccc2)c1=O. The average Bonchev–Trinajstić information content (AvgIpc) is 2.97. The molecular weight excluding hydrogens is 386 g/mol. The number of amides is 1. The molecule has 1 aromatic heterocycles. The van der Waals surface area contributed by atoms with Gasteiger partial charge in [0.15, 0.2) is 6.10 Å². The molecule has 0 aliphatic heterocycles. The summed E-state index contributed by atoms with van der Waals surface area (Å²) >= 11 is 0. The number of ether oxygens (including phenoxy) is 2. The van der Waals surface area contributed by atoms with E-state index in [9.17, 15) is 14.4 Å². The molecule has 30 heavy (non-hydrogen) atoms. The molecule has 0 aliphatic carbocycles. The average molecular weight is 409 g/mol. The summed E-state index contributed by atoms with van der Waals surface area (Å²) in [7, 11) is 3.17. The second kappa shape index (κ2) is 8.69. The lowest BCUT2D eigenvalue weighted by Gasteiger charge is -2.14. The summed E-state index contributed by atoms with van der Waals surface area (Å²) in [6.07, 6.45) is -1.12. The second-order valence-corrected chi connectivity index (χ2v) is 6.67. The molecular formula is C22H23N3O5. The van der Waals surface area contributed by atoms with Crippen LogP contribution in [0.1, 0.15) is 23.0 Å². The van der Waals surface area contributed by atoms with Crippen LogP contribution in [0.4, 0.5) is 5.69 Å². The van der Waals surface area contributed by atoms with Crippen molar-refractivity contribution in [3.8, 4) is 11.4 Å². The number of carbonyl (C=O) groups excluding carboxylic acids is 2. The Bertz CT molecular complexity index is 1130. The number of benzene rings is 2. The Balaban J connectivity index is 1.79. The number of esters is 1. The Morgan fingerprint density at radius 2 is 1.67 bits per heavy atom. The van der Waals surface area contributed by atoms with Crippen molar-refractivity contribution in [3.63, 3.8) is 0 Å². The Morgan fingerprint density at radius 3 is 2.33 bits per heavy atom. The number of rotatable bonds is 6. The largest absolute Gasteiger partial charge is 0.496 e. The number of methoxy groups -OCH3 is 1. The fraction of sp³-hybridized carbons (Fsp3) is 0.227. The van der Waals surface area contributed by atoms with Gasteiger partial charge in [-0.2, -0.15) is 0 Å². The maximum absolute atomic E-state index is 12.9. The van der Waals surface area contributed by atoms with Crippen LogP contribution >= 0.6 is 0 Å². The quantitative estimate of drug-likeness (QED) is 0.632. The first-order valence-corrected chi connectivity index (χ1v) is 9.34. The molecule has 8 heteroatoms. The molecule has 3 aromatic rings. The Morgan fingerprint density at radius 1 is 1.03 bits per heavy atom. The molecule has 2 aromatic carbocycles. The van der Waals surface area contributed by atoms with Gasteiger partial charge in [-0.25, -0.2) is 9.48 Å². The van der Waals surface area contributed by atoms with Crippen LogP contribution in [0.15, 0.2) is 59.4 Å². The predicted octanol–water partition coefficient (Wildman–Crippen LogP) is 2.68. The van der Waals surface area contributed by atoms with E-state index < -0.39 is 18.0 Å². The van der Waals surface area contributed by atoms with Gasteiger partial charge in [0, 0.05) is 7.05 Å². The van der Waals surface area contributed by atoms with Crippen LogP contribution in [0.25, 0.3) is 5.69 Å². The fourth-order valence-electron chi connectivity index (χ4n) is 3.03. The molecule has 0 radical (unpaired) electrons. The Labute approximate surface area is 173 Å². The van der Waals surface area contributed by atoms with Crippen LogP contribution in [0.2, 0.25) is 0 Å². The topological polar surface area (TPSA) is 91.6 Å². The van der Waals surface area contributed by atoms with E-state index in [4.69, 9.17) is 9.47 Å². The molecule has 0 saturated carbocycles. The van der Waals surface area contributed by atoms with Crippen LogP contribution < -0.4 is 15.6 Å². The minimum atomic E-state index is -1.12. The number of anilines is 1. The molecule has 8 nitrogen and oxygen atoms in total. The van der Waals surface area contributed by atoms with Crippen molar-refractivity contribution in [1.82, 2.24) is 9.36 Å². The van der Waals surface area contributed by atoms with Crippen molar-refractivity contribution < 1.29 is 19.1 Å². The summed E-state index contributed by atoms with van der Waals surface area (Å²) in [6.45, 7) is 3.17. The first-order chi connectivity index (χ1) is 14.3. The smallest absolute Gasteiger partial charge is 0.342 e. The van der Waals surface area contributed by atoms with Gasteiger partial charge in [0.1, 0.15) is 17.0 Å². The third-order valence-corrected chi connectivity index (χ3v) is 4.78. The van der Waals surface area contributed by atoms with Gasteiger partial charge in [-0.05, 0) is 38.1 Å². The molecule has 0 fully saturated rings. The first-order valence-electron chi connectivity index (χ1n) is 9.34. The van der Waals surface area contributed by atoms with Crippen molar-refractivity contribution in [2.45, 2.75) is 20.0 Å². The Hall–Kier alpha value is -3.81. The van der Waals surface area contributed by atoms with Gasteiger partial charge in [0.25, 0.3) is 11.5 Å². The van der Waals surface area contributed by atoms with Gasteiger partial charge < -0.3 is 14.8 Å². The third kappa shape index (κ3) is 3.98. The zero-order chi connectivity index (χ0) is 21.8. The minimum absolute atomic E-state index is 0.131. The molecule has 1 amide bonds. The van der Waals surface area contributed by atoms with Crippen molar-refractivity contribution >= 4 is 17.6 Å². The van der Waals surface area contributed by atoms with Crippen molar-refractivity contribution in [3.05, 3.63) is 76.2 Å². The van der Waals surface area contributed by atoms with E-state index in [2.05, 4.69) is 5.32 Å². The molecule has 1 heterocycles. The number of nitrogens with one attached hydrogen (secondary N) is 1. The summed E-state index contributed by atoms with van der Waals surface area (Å²) in [4.78, 5) is 37.9. The highest BCUT2D eigenvalue weighted by atomic mass is 16.5. The summed E-state index contributed by atoms with van der Waals surface area (Å²) < 4.78 is 13.5. The highest BCUT2D eigenvalue weighted by molar-refractivity contribution is 5.98. The second-order valence-electron chi connectivity index (χ2n) is 6.67.